The van der Waals surface area contributed by atoms with Crippen molar-refractivity contribution in [2.24, 2.45) is 7.05 Å². The second kappa shape index (κ2) is 7.89. The molecular weight excluding hydrogens is 454 g/mol. The fourth-order valence-electron chi connectivity index (χ4n) is 4.48. The van der Waals surface area contributed by atoms with E-state index in [2.05, 4.69) is 26.0 Å². The molecule has 5 aromatic heterocycles. The van der Waals surface area contributed by atoms with Gasteiger partial charge in [0, 0.05) is 33.2 Å². The summed E-state index contributed by atoms with van der Waals surface area (Å²) in [4.78, 5) is 33.6. The fourth-order valence-corrected chi connectivity index (χ4v) is 5.90. The lowest BCUT2D eigenvalue weighted by Gasteiger charge is -2.35. The lowest BCUT2D eigenvalue weighted by Crippen LogP contribution is -2.49. The van der Waals surface area contributed by atoms with Crippen molar-refractivity contribution in [2.45, 2.75) is 6.92 Å². The van der Waals surface area contributed by atoms with Gasteiger partial charge in [0.15, 0.2) is 5.65 Å². The summed E-state index contributed by atoms with van der Waals surface area (Å²) in [6.45, 7) is 4.65. The molecule has 5 aromatic rings. The van der Waals surface area contributed by atoms with Crippen molar-refractivity contribution in [3.05, 3.63) is 52.6 Å². The highest BCUT2D eigenvalue weighted by atomic mass is 32.1. The molecule has 1 amide bonds. The van der Waals surface area contributed by atoms with Gasteiger partial charge in [0.05, 0.1) is 32.6 Å². The number of anilines is 1. The van der Waals surface area contributed by atoms with Crippen LogP contribution in [-0.4, -0.2) is 61.7 Å². The first kappa shape index (κ1) is 20.3. The van der Waals surface area contributed by atoms with Crippen LogP contribution in [0.2, 0.25) is 0 Å². The number of carbonyl (C=O) groups excluding carboxylic acids is 1. The average molecular weight is 476 g/mol. The van der Waals surface area contributed by atoms with Crippen LogP contribution in [0.1, 0.15) is 16.1 Å². The third-order valence-corrected chi connectivity index (χ3v) is 7.79. The number of aromatic nitrogens is 5. The van der Waals surface area contributed by atoms with Gasteiger partial charge in [-0.1, -0.05) is 6.07 Å². The number of piperazine rings is 1. The fraction of sp³-hybridized carbons (Fsp3) is 0.261. The van der Waals surface area contributed by atoms with E-state index in [1.807, 2.05) is 47.8 Å². The Balaban J connectivity index is 1.32. The number of carbonyl (C=O) groups is 1. The first-order valence-corrected chi connectivity index (χ1v) is 12.5. The Morgan fingerprint density at radius 1 is 1.06 bits per heavy atom. The molecule has 1 aliphatic rings. The molecule has 0 unspecified atom stereocenters. The van der Waals surface area contributed by atoms with Crippen LogP contribution in [0.4, 0.5) is 5.82 Å². The van der Waals surface area contributed by atoms with Crippen LogP contribution in [0.3, 0.4) is 0 Å². The molecule has 0 bridgehead atoms. The predicted octanol–water partition coefficient (Wildman–Crippen LogP) is 3.97. The number of pyridine rings is 1. The van der Waals surface area contributed by atoms with Gasteiger partial charge in [-0.15, -0.1) is 22.7 Å². The van der Waals surface area contributed by atoms with Crippen LogP contribution in [0.15, 0.2) is 41.4 Å². The van der Waals surface area contributed by atoms with Crippen molar-refractivity contribution < 1.29 is 4.79 Å². The predicted molar refractivity (Wildman–Crippen MR) is 132 cm³/mol. The molecule has 0 saturated carbocycles. The van der Waals surface area contributed by atoms with E-state index in [1.54, 1.807) is 33.7 Å². The first-order valence-electron chi connectivity index (χ1n) is 10.7. The van der Waals surface area contributed by atoms with Crippen LogP contribution in [0.5, 0.6) is 0 Å². The van der Waals surface area contributed by atoms with E-state index in [0.717, 1.165) is 56.4 Å². The SMILES string of the molecule is Cc1nn(C)c2nc(-c3cccs3)cc(C(=O)N3CCN(c4ncnc5sccc45)CC3)c12. The highest BCUT2D eigenvalue weighted by Crippen LogP contribution is 2.31. The second-order valence-corrected chi connectivity index (χ2v) is 9.90. The normalized spacial score (nSPS) is 14.5. The molecule has 6 heterocycles. The zero-order valence-corrected chi connectivity index (χ0v) is 19.9. The molecule has 0 radical (unpaired) electrons. The molecule has 6 rings (SSSR count). The summed E-state index contributed by atoms with van der Waals surface area (Å²) in [5.41, 5.74) is 3.04. The molecule has 1 saturated heterocycles. The van der Waals surface area contributed by atoms with Gasteiger partial charge in [-0.05, 0) is 35.9 Å². The van der Waals surface area contributed by atoms with E-state index in [0.29, 0.717) is 18.7 Å². The second-order valence-electron chi connectivity index (χ2n) is 8.06. The number of hydrogen-bond donors (Lipinski definition) is 0. The van der Waals surface area contributed by atoms with E-state index in [1.165, 1.54) is 0 Å². The molecule has 0 N–H and O–H groups in total. The Hall–Kier alpha value is -3.37. The molecule has 0 atom stereocenters. The van der Waals surface area contributed by atoms with Crippen LogP contribution in [-0.2, 0) is 7.05 Å². The Morgan fingerprint density at radius 2 is 1.91 bits per heavy atom. The molecule has 0 aliphatic carbocycles. The van der Waals surface area contributed by atoms with Crippen molar-refractivity contribution >= 4 is 55.6 Å². The van der Waals surface area contributed by atoms with E-state index in [-0.39, 0.29) is 5.91 Å². The summed E-state index contributed by atoms with van der Waals surface area (Å²) in [6, 6.07) is 8.02. The Morgan fingerprint density at radius 3 is 2.70 bits per heavy atom. The number of aryl methyl sites for hydroxylation is 2. The van der Waals surface area contributed by atoms with Crippen molar-refractivity contribution in [3.8, 4) is 10.6 Å². The number of thiophene rings is 2. The molecule has 1 aliphatic heterocycles. The minimum absolute atomic E-state index is 0.0272. The molecule has 33 heavy (non-hydrogen) atoms. The van der Waals surface area contributed by atoms with E-state index in [4.69, 9.17) is 4.98 Å². The topological polar surface area (TPSA) is 80.0 Å². The summed E-state index contributed by atoms with van der Waals surface area (Å²) < 4.78 is 1.76. The molecule has 0 spiro atoms. The maximum atomic E-state index is 13.7. The van der Waals surface area contributed by atoms with Crippen LogP contribution in [0.25, 0.3) is 31.8 Å². The van der Waals surface area contributed by atoms with Gasteiger partial charge in [0.2, 0.25) is 0 Å². The molecule has 166 valence electrons. The summed E-state index contributed by atoms with van der Waals surface area (Å²) in [6.07, 6.45) is 1.62. The maximum absolute atomic E-state index is 13.7. The highest BCUT2D eigenvalue weighted by molar-refractivity contribution is 7.16. The minimum atomic E-state index is 0.0272. The molecule has 10 heteroatoms. The van der Waals surface area contributed by atoms with Crippen molar-refractivity contribution in [2.75, 3.05) is 31.1 Å². The lowest BCUT2D eigenvalue weighted by molar-refractivity contribution is 0.0748. The molecule has 8 nitrogen and oxygen atoms in total. The summed E-state index contributed by atoms with van der Waals surface area (Å²) >= 11 is 3.24. The Kier molecular flexibility index (Phi) is 4.84. The van der Waals surface area contributed by atoms with Gasteiger partial charge in [0.1, 0.15) is 17.0 Å². The number of hydrogen-bond acceptors (Lipinski definition) is 8. The Labute approximate surface area is 198 Å². The zero-order valence-electron chi connectivity index (χ0n) is 18.2. The smallest absolute Gasteiger partial charge is 0.254 e. The third-order valence-electron chi connectivity index (χ3n) is 6.08. The summed E-state index contributed by atoms with van der Waals surface area (Å²) in [7, 11) is 1.88. The van der Waals surface area contributed by atoms with Crippen molar-refractivity contribution in [1.82, 2.24) is 29.6 Å². The lowest BCUT2D eigenvalue weighted by atomic mass is 10.1. The highest BCUT2D eigenvalue weighted by Gasteiger charge is 2.27. The number of nitrogens with zero attached hydrogens (tertiary/aromatic N) is 7. The van der Waals surface area contributed by atoms with Gasteiger partial charge in [0.25, 0.3) is 5.91 Å². The van der Waals surface area contributed by atoms with Gasteiger partial charge in [-0.3, -0.25) is 9.48 Å². The van der Waals surface area contributed by atoms with Gasteiger partial charge in [-0.2, -0.15) is 5.10 Å². The molecule has 0 aromatic carbocycles. The van der Waals surface area contributed by atoms with Crippen molar-refractivity contribution in [3.63, 3.8) is 0 Å². The van der Waals surface area contributed by atoms with Crippen molar-refractivity contribution in [1.29, 1.82) is 0 Å². The van der Waals surface area contributed by atoms with E-state index >= 15 is 0 Å². The van der Waals surface area contributed by atoms with Gasteiger partial charge < -0.3 is 9.80 Å². The standard InChI is InChI=1S/C23H21N7OS2/c1-14-19-16(12-17(18-4-3-10-32-18)26-21(19)28(2)27-14)23(31)30-8-6-29(7-9-30)20-15-5-11-33-22(15)25-13-24-20/h3-5,10-13H,6-9H2,1-2H3. The van der Waals surface area contributed by atoms with Crippen LogP contribution < -0.4 is 4.90 Å². The van der Waals surface area contributed by atoms with Gasteiger partial charge in [-0.25, -0.2) is 15.0 Å². The minimum Gasteiger partial charge on any atom is -0.352 e. The molecule has 1 fully saturated rings. The van der Waals surface area contributed by atoms with Gasteiger partial charge >= 0.3 is 0 Å². The molecular formula is C23H21N7OS2. The maximum Gasteiger partial charge on any atom is 0.254 e. The summed E-state index contributed by atoms with van der Waals surface area (Å²) in [5.74, 6) is 0.974. The van der Waals surface area contributed by atoms with Crippen LogP contribution >= 0.6 is 22.7 Å². The van der Waals surface area contributed by atoms with Crippen LogP contribution in [0, 0.1) is 6.92 Å². The largest absolute Gasteiger partial charge is 0.352 e. The Bertz CT molecular complexity index is 1480. The zero-order chi connectivity index (χ0) is 22.5. The average Bonchev–Trinajstić information content (AvgIpc) is 3.59. The number of fused-ring (bicyclic) bond motifs is 2. The number of amides is 1. The quantitative estimate of drug-likeness (QED) is 0.393. The summed E-state index contributed by atoms with van der Waals surface area (Å²) in [5, 5.41) is 10.5. The van der Waals surface area contributed by atoms with E-state index in [9.17, 15) is 4.79 Å². The monoisotopic (exact) mass is 475 g/mol. The third kappa shape index (κ3) is 3.37. The number of rotatable bonds is 3. The first-order chi connectivity index (χ1) is 16.1. The van der Waals surface area contributed by atoms with E-state index < -0.39 is 0 Å².